The van der Waals surface area contributed by atoms with Gasteiger partial charge in [0.05, 0.1) is 19.9 Å². The SMILES string of the molecule is COc1ccc(OC)c(N2CCN(CCCO)CC2)c1. The summed E-state index contributed by atoms with van der Waals surface area (Å²) in [6.45, 7) is 5.20. The number of hydrogen-bond donors (Lipinski definition) is 1. The van der Waals surface area contributed by atoms with Crippen molar-refractivity contribution < 1.29 is 14.6 Å². The number of rotatable bonds is 6. The Kier molecular flexibility index (Phi) is 5.49. The molecule has 1 aromatic carbocycles. The Labute approximate surface area is 120 Å². The maximum Gasteiger partial charge on any atom is 0.142 e. The Bertz CT molecular complexity index is 418. The molecule has 0 atom stereocenters. The van der Waals surface area contributed by atoms with Crippen LogP contribution in [0.5, 0.6) is 11.5 Å². The van der Waals surface area contributed by atoms with E-state index in [2.05, 4.69) is 9.80 Å². The molecule has 0 radical (unpaired) electrons. The van der Waals surface area contributed by atoms with Crippen LogP contribution in [0.3, 0.4) is 0 Å². The van der Waals surface area contributed by atoms with Gasteiger partial charge in [0.1, 0.15) is 11.5 Å². The fraction of sp³-hybridized carbons (Fsp3) is 0.600. The summed E-state index contributed by atoms with van der Waals surface area (Å²) in [5.74, 6) is 1.73. The topological polar surface area (TPSA) is 45.2 Å². The number of aliphatic hydroxyl groups is 1. The van der Waals surface area contributed by atoms with Crippen LogP contribution >= 0.6 is 0 Å². The van der Waals surface area contributed by atoms with Gasteiger partial charge in [0.15, 0.2) is 0 Å². The first-order valence-corrected chi connectivity index (χ1v) is 7.08. The van der Waals surface area contributed by atoms with Crippen LogP contribution in [0.1, 0.15) is 6.42 Å². The van der Waals surface area contributed by atoms with Gasteiger partial charge in [0.2, 0.25) is 0 Å². The van der Waals surface area contributed by atoms with Crippen LogP contribution in [-0.2, 0) is 0 Å². The zero-order chi connectivity index (χ0) is 14.4. The first kappa shape index (κ1) is 14.9. The van der Waals surface area contributed by atoms with Gasteiger partial charge in [-0.2, -0.15) is 0 Å². The molecule has 20 heavy (non-hydrogen) atoms. The molecular formula is C15H24N2O3. The highest BCUT2D eigenvalue weighted by molar-refractivity contribution is 5.62. The van der Waals surface area contributed by atoms with Crippen LogP contribution in [-0.4, -0.2) is 63.6 Å². The molecule has 1 aliphatic rings. The van der Waals surface area contributed by atoms with Gasteiger partial charge in [-0.3, -0.25) is 4.90 Å². The number of hydrogen-bond acceptors (Lipinski definition) is 5. The lowest BCUT2D eigenvalue weighted by molar-refractivity contribution is 0.215. The van der Waals surface area contributed by atoms with Gasteiger partial charge in [-0.1, -0.05) is 0 Å². The fourth-order valence-corrected chi connectivity index (χ4v) is 2.55. The maximum atomic E-state index is 8.89. The molecule has 0 amide bonds. The van der Waals surface area contributed by atoms with Crippen molar-refractivity contribution in [2.75, 3.05) is 58.5 Å². The van der Waals surface area contributed by atoms with E-state index in [-0.39, 0.29) is 6.61 Å². The average Bonchev–Trinajstić information content (AvgIpc) is 2.52. The number of aliphatic hydroxyl groups excluding tert-OH is 1. The number of benzene rings is 1. The molecule has 1 saturated heterocycles. The second-order valence-electron chi connectivity index (χ2n) is 4.94. The van der Waals surface area contributed by atoms with E-state index in [0.717, 1.165) is 56.3 Å². The van der Waals surface area contributed by atoms with E-state index >= 15 is 0 Å². The molecule has 0 bridgehead atoms. The molecule has 0 aromatic heterocycles. The van der Waals surface area contributed by atoms with Crippen molar-refractivity contribution in [1.29, 1.82) is 0 Å². The zero-order valence-electron chi connectivity index (χ0n) is 12.3. The second kappa shape index (κ2) is 7.36. The van der Waals surface area contributed by atoms with Crippen LogP contribution < -0.4 is 14.4 Å². The Morgan fingerprint density at radius 3 is 2.45 bits per heavy atom. The van der Waals surface area contributed by atoms with E-state index in [4.69, 9.17) is 14.6 Å². The Hall–Kier alpha value is -1.46. The van der Waals surface area contributed by atoms with E-state index < -0.39 is 0 Å². The lowest BCUT2D eigenvalue weighted by Gasteiger charge is -2.36. The summed E-state index contributed by atoms with van der Waals surface area (Å²) in [6.07, 6.45) is 0.850. The Balaban J connectivity index is 2.02. The Morgan fingerprint density at radius 1 is 1.10 bits per heavy atom. The average molecular weight is 280 g/mol. The molecule has 1 N–H and O–H groups in total. The highest BCUT2D eigenvalue weighted by Gasteiger charge is 2.19. The van der Waals surface area contributed by atoms with Gasteiger partial charge in [0.25, 0.3) is 0 Å². The zero-order valence-corrected chi connectivity index (χ0v) is 12.3. The third kappa shape index (κ3) is 3.55. The highest BCUT2D eigenvalue weighted by atomic mass is 16.5. The monoisotopic (exact) mass is 280 g/mol. The van der Waals surface area contributed by atoms with Crippen molar-refractivity contribution in [1.82, 2.24) is 4.90 Å². The molecule has 1 aromatic rings. The van der Waals surface area contributed by atoms with Gasteiger partial charge < -0.3 is 19.5 Å². The third-order valence-corrected chi connectivity index (χ3v) is 3.73. The second-order valence-corrected chi connectivity index (χ2v) is 4.94. The minimum absolute atomic E-state index is 0.268. The van der Waals surface area contributed by atoms with E-state index in [1.807, 2.05) is 18.2 Å². The summed E-state index contributed by atoms with van der Waals surface area (Å²) < 4.78 is 10.7. The third-order valence-electron chi connectivity index (χ3n) is 3.73. The molecule has 5 heteroatoms. The molecular weight excluding hydrogens is 256 g/mol. The lowest BCUT2D eigenvalue weighted by Crippen LogP contribution is -2.46. The summed E-state index contributed by atoms with van der Waals surface area (Å²) in [5, 5.41) is 8.89. The molecule has 0 aliphatic carbocycles. The predicted octanol–water partition coefficient (Wildman–Crippen LogP) is 1.21. The molecule has 1 heterocycles. The fourth-order valence-electron chi connectivity index (χ4n) is 2.55. The summed E-state index contributed by atoms with van der Waals surface area (Å²) in [7, 11) is 3.38. The molecule has 5 nitrogen and oxygen atoms in total. The number of piperazine rings is 1. The molecule has 0 unspecified atom stereocenters. The van der Waals surface area contributed by atoms with E-state index in [1.165, 1.54) is 0 Å². The normalized spacial score (nSPS) is 16.2. The molecule has 0 spiro atoms. The lowest BCUT2D eigenvalue weighted by atomic mass is 10.2. The minimum Gasteiger partial charge on any atom is -0.497 e. The van der Waals surface area contributed by atoms with Gasteiger partial charge >= 0.3 is 0 Å². The summed E-state index contributed by atoms with van der Waals surface area (Å²) in [4.78, 5) is 4.72. The van der Waals surface area contributed by atoms with Gasteiger partial charge in [-0.05, 0) is 18.6 Å². The van der Waals surface area contributed by atoms with Crippen molar-refractivity contribution in [3.05, 3.63) is 18.2 Å². The van der Waals surface area contributed by atoms with Crippen molar-refractivity contribution in [2.45, 2.75) is 6.42 Å². The standard InChI is InChI=1S/C15H24N2O3/c1-19-13-4-5-15(20-2)14(12-13)17-9-7-16(8-10-17)6-3-11-18/h4-5,12,18H,3,6-11H2,1-2H3. The predicted molar refractivity (Wildman–Crippen MR) is 79.9 cm³/mol. The number of nitrogens with zero attached hydrogens (tertiary/aromatic N) is 2. The quantitative estimate of drug-likeness (QED) is 0.848. The van der Waals surface area contributed by atoms with E-state index in [0.29, 0.717) is 0 Å². The van der Waals surface area contributed by atoms with Gasteiger partial charge in [-0.25, -0.2) is 0 Å². The summed E-state index contributed by atoms with van der Waals surface area (Å²) >= 11 is 0. The first-order valence-electron chi connectivity index (χ1n) is 7.08. The molecule has 1 aliphatic heterocycles. The van der Waals surface area contributed by atoms with Crippen LogP contribution in [0.25, 0.3) is 0 Å². The number of ether oxygens (including phenoxy) is 2. The Morgan fingerprint density at radius 2 is 1.85 bits per heavy atom. The largest absolute Gasteiger partial charge is 0.497 e. The smallest absolute Gasteiger partial charge is 0.142 e. The van der Waals surface area contributed by atoms with Gasteiger partial charge in [0, 0.05) is 45.4 Å². The van der Waals surface area contributed by atoms with Crippen LogP contribution in [0.2, 0.25) is 0 Å². The summed E-state index contributed by atoms with van der Waals surface area (Å²) in [6, 6.07) is 5.90. The van der Waals surface area contributed by atoms with Crippen molar-refractivity contribution >= 4 is 5.69 Å². The highest BCUT2D eigenvalue weighted by Crippen LogP contribution is 2.32. The summed E-state index contributed by atoms with van der Waals surface area (Å²) in [5.41, 5.74) is 1.09. The van der Waals surface area contributed by atoms with Crippen LogP contribution in [0, 0.1) is 0 Å². The molecule has 1 fully saturated rings. The molecule has 112 valence electrons. The van der Waals surface area contributed by atoms with Crippen LogP contribution in [0.15, 0.2) is 18.2 Å². The molecule has 0 saturated carbocycles. The number of anilines is 1. The van der Waals surface area contributed by atoms with Crippen LogP contribution in [0.4, 0.5) is 5.69 Å². The first-order chi connectivity index (χ1) is 9.78. The van der Waals surface area contributed by atoms with Crippen molar-refractivity contribution in [3.63, 3.8) is 0 Å². The van der Waals surface area contributed by atoms with E-state index in [9.17, 15) is 0 Å². The molecule has 2 rings (SSSR count). The van der Waals surface area contributed by atoms with E-state index in [1.54, 1.807) is 14.2 Å². The van der Waals surface area contributed by atoms with Crippen molar-refractivity contribution in [2.24, 2.45) is 0 Å². The van der Waals surface area contributed by atoms with Crippen molar-refractivity contribution in [3.8, 4) is 11.5 Å². The van der Waals surface area contributed by atoms with Gasteiger partial charge in [-0.15, -0.1) is 0 Å². The maximum absolute atomic E-state index is 8.89. The minimum atomic E-state index is 0.268. The number of methoxy groups -OCH3 is 2.